The third-order valence-corrected chi connectivity index (χ3v) is 2.96. The first-order chi connectivity index (χ1) is 9.67. The molecule has 0 aromatic rings. The second-order valence-corrected chi connectivity index (χ2v) is 4.63. The molecule has 0 aromatic heterocycles. The van der Waals surface area contributed by atoms with Crippen LogP contribution in [0.2, 0.25) is 0 Å². The zero-order valence-corrected chi connectivity index (χ0v) is 11.9. The molecule has 0 aliphatic heterocycles. The maximum Gasteiger partial charge on any atom is 0.229 e. The van der Waals surface area contributed by atoms with Crippen molar-refractivity contribution in [1.82, 2.24) is 4.90 Å². The smallest absolute Gasteiger partial charge is 0.229 e. The van der Waals surface area contributed by atoms with Gasteiger partial charge in [-0.25, -0.2) is 0 Å². The second-order valence-electron chi connectivity index (χ2n) is 4.63. The SMILES string of the molecule is O=CCN(C(=O)CCCCCO)C(=O)CCCCCO. The van der Waals surface area contributed by atoms with E-state index in [1.165, 1.54) is 0 Å². The Morgan fingerprint density at radius 2 is 1.25 bits per heavy atom. The highest BCUT2D eigenvalue weighted by molar-refractivity contribution is 5.96. The number of aliphatic hydroxyl groups excluding tert-OH is 2. The Labute approximate surface area is 119 Å². The molecule has 6 nitrogen and oxygen atoms in total. The molecule has 0 heterocycles. The standard InChI is InChI=1S/C14H25NO5/c16-10-5-1-3-7-13(19)15(9-12-18)14(20)8-4-2-6-11-17/h12,16-17H,1-11H2. The minimum absolute atomic E-state index is 0.0933. The molecule has 6 heteroatoms. The van der Waals surface area contributed by atoms with E-state index in [1.807, 2.05) is 0 Å². The van der Waals surface area contributed by atoms with Gasteiger partial charge in [0.25, 0.3) is 0 Å². The monoisotopic (exact) mass is 287 g/mol. The average molecular weight is 287 g/mol. The Balaban J connectivity index is 4.13. The van der Waals surface area contributed by atoms with Crippen LogP contribution >= 0.6 is 0 Å². The number of rotatable bonds is 12. The Kier molecular flexibility index (Phi) is 11.9. The largest absolute Gasteiger partial charge is 0.396 e. The zero-order chi connectivity index (χ0) is 15.2. The average Bonchev–Trinajstić information content (AvgIpc) is 2.45. The summed E-state index contributed by atoms with van der Waals surface area (Å²) in [6.07, 6.45) is 4.92. The molecule has 2 amide bonds. The molecule has 0 unspecified atom stereocenters. The molecule has 0 saturated carbocycles. The predicted octanol–water partition coefficient (Wildman–Crippen LogP) is 0.646. The van der Waals surface area contributed by atoms with Gasteiger partial charge in [0.2, 0.25) is 11.8 Å². The summed E-state index contributed by atoms with van der Waals surface area (Å²) in [5, 5.41) is 17.3. The summed E-state index contributed by atoms with van der Waals surface area (Å²) in [6, 6.07) is 0. The lowest BCUT2D eigenvalue weighted by atomic mass is 10.1. The first-order valence-electron chi connectivity index (χ1n) is 7.16. The van der Waals surface area contributed by atoms with Crippen LogP contribution in [0.3, 0.4) is 0 Å². The molecule has 0 saturated heterocycles. The number of unbranched alkanes of at least 4 members (excludes halogenated alkanes) is 4. The number of aldehydes is 1. The minimum atomic E-state index is -0.331. The molecule has 0 atom stereocenters. The van der Waals surface area contributed by atoms with E-state index in [0.29, 0.717) is 32.0 Å². The molecular weight excluding hydrogens is 262 g/mol. The van der Waals surface area contributed by atoms with Crippen LogP contribution in [0, 0.1) is 0 Å². The lowest BCUT2D eigenvalue weighted by Gasteiger charge is -2.18. The molecular formula is C14H25NO5. The fourth-order valence-electron chi connectivity index (χ4n) is 1.82. The first-order valence-corrected chi connectivity index (χ1v) is 7.16. The van der Waals surface area contributed by atoms with Crippen LogP contribution in [0.25, 0.3) is 0 Å². The van der Waals surface area contributed by atoms with Crippen LogP contribution in [-0.4, -0.2) is 53.0 Å². The first kappa shape index (κ1) is 18.7. The van der Waals surface area contributed by atoms with Gasteiger partial charge in [-0.3, -0.25) is 14.5 Å². The highest BCUT2D eigenvalue weighted by Crippen LogP contribution is 2.07. The van der Waals surface area contributed by atoms with E-state index in [-0.39, 0.29) is 44.4 Å². The fourth-order valence-corrected chi connectivity index (χ4v) is 1.82. The van der Waals surface area contributed by atoms with Crippen molar-refractivity contribution in [2.45, 2.75) is 51.4 Å². The molecule has 116 valence electrons. The Bertz CT molecular complexity index is 269. The summed E-state index contributed by atoms with van der Waals surface area (Å²) in [7, 11) is 0. The van der Waals surface area contributed by atoms with Gasteiger partial charge in [0.1, 0.15) is 6.29 Å². The van der Waals surface area contributed by atoms with E-state index < -0.39 is 0 Å². The van der Waals surface area contributed by atoms with Crippen LogP contribution < -0.4 is 0 Å². The molecule has 0 fully saturated rings. The number of aliphatic hydroxyl groups is 2. The summed E-state index contributed by atoms with van der Waals surface area (Å²) in [6.45, 7) is -0.0102. The number of nitrogens with zero attached hydrogens (tertiary/aromatic N) is 1. The van der Waals surface area contributed by atoms with E-state index in [1.54, 1.807) is 0 Å². The van der Waals surface area contributed by atoms with Crippen molar-refractivity contribution in [3.63, 3.8) is 0 Å². The minimum Gasteiger partial charge on any atom is -0.396 e. The molecule has 0 aliphatic carbocycles. The van der Waals surface area contributed by atoms with E-state index >= 15 is 0 Å². The molecule has 0 radical (unpaired) electrons. The summed E-state index contributed by atoms with van der Waals surface area (Å²) < 4.78 is 0. The predicted molar refractivity (Wildman–Crippen MR) is 73.9 cm³/mol. The Morgan fingerprint density at radius 1 is 0.800 bits per heavy atom. The van der Waals surface area contributed by atoms with Crippen molar-refractivity contribution in [1.29, 1.82) is 0 Å². The number of carbonyl (C=O) groups is 3. The number of hydrogen-bond donors (Lipinski definition) is 2. The molecule has 0 bridgehead atoms. The van der Waals surface area contributed by atoms with Crippen molar-refractivity contribution in [3.8, 4) is 0 Å². The maximum absolute atomic E-state index is 11.9. The van der Waals surface area contributed by atoms with E-state index in [9.17, 15) is 14.4 Å². The quantitative estimate of drug-likeness (QED) is 0.406. The third-order valence-electron chi connectivity index (χ3n) is 2.96. The van der Waals surface area contributed by atoms with Gasteiger partial charge < -0.3 is 15.0 Å². The van der Waals surface area contributed by atoms with Gasteiger partial charge in [0.15, 0.2) is 0 Å². The van der Waals surface area contributed by atoms with Crippen LogP contribution in [0.1, 0.15) is 51.4 Å². The molecule has 0 rings (SSSR count). The van der Waals surface area contributed by atoms with Gasteiger partial charge in [0.05, 0.1) is 6.54 Å². The van der Waals surface area contributed by atoms with Crippen molar-refractivity contribution in [2.24, 2.45) is 0 Å². The van der Waals surface area contributed by atoms with Crippen molar-refractivity contribution in [3.05, 3.63) is 0 Å². The number of amides is 2. The van der Waals surface area contributed by atoms with Crippen LogP contribution in [0.4, 0.5) is 0 Å². The number of carbonyl (C=O) groups excluding carboxylic acids is 3. The normalized spacial score (nSPS) is 10.3. The van der Waals surface area contributed by atoms with Gasteiger partial charge in [-0.2, -0.15) is 0 Å². The Hall–Kier alpha value is -1.27. The van der Waals surface area contributed by atoms with Crippen LogP contribution in [0.5, 0.6) is 0 Å². The van der Waals surface area contributed by atoms with Crippen molar-refractivity contribution < 1.29 is 24.6 Å². The topological polar surface area (TPSA) is 94.9 Å². The van der Waals surface area contributed by atoms with Gasteiger partial charge in [-0.15, -0.1) is 0 Å². The van der Waals surface area contributed by atoms with Gasteiger partial charge >= 0.3 is 0 Å². The summed E-state index contributed by atoms with van der Waals surface area (Å²) in [4.78, 5) is 35.3. The van der Waals surface area contributed by atoms with Crippen molar-refractivity contribution in [2.75, 3.05) is 19.8 Å². The maximum atomic E-state index is 11.9. The summed E-state index contributed by atoms with van der Waals surface area (Å²) >= 11 is 0. The highest BCUT2D eigenvalue weighted by atomic mass is 16.3. The van der Waals surface area contributed by atoms with Crippen LogP contribution in [0.15, 0.2) is 0 Å². The van der Waals surface area contributed by atoms with Crippen molar-refractivity contribution >= 4 is 18.1 Å². The van der Waals surface area contributed by atoms with E-state index in [2.05, 4.69) is 0 Å². The van der Waals surface area contributed by atoms with Crippen LogP contribution in [-0.2, 0) is 14.4 Å². The zero-order valence-electron chi connectivity index (χ0n) is 11.9. The molecule has 2 N–H and O–H groups in total. The lowest BCUT2D eigenvalue weighted by molar-refractivity contribution is -0.146. The highest BCUT2D eigenvalue weighted by Gasteiger charge is 2.19. The molecule has 0 aromatic carbocycles. The Morgan fingerprint density at radius 3 is 1.60 bits per heavy atom. The summed E-state index contributed by atoms with van der Waals surface area (Å²) in [5.41, 5.74) is 0. The van der Waals surface area contributed by atoms with E-state index in [0.717, 1.165) is 17.7 Å². The molecule has 0 aliphatic rings. The van der Waals surface area contributed by atoms with E-state index in [4.69, 9.17) is 10.2 Å². The molecule has 20 heavy (non-hydrogen) atoms. The van der Waals surface area contributed by atoms with Gasteiger partial charge in [0, 0.05) is 26.1 Å². The number of hydrogen-bond acceptors (Lipinski definition) is 5. The van der Waals surface area contributed by atoms with Gasteiger partial charge in [-0.1, -0.05) is 12.8 Å². The second kappa shape index (κ2) is 12.7. The fraction of sp³-hybridized carbons (Fsp3) is 0.786. The summed E-state index contributed by atoms with van der Waals surface area (Å²) in [5.74, 6) is -0.663. The number of imide groups is 1. The lowest BCUT2D eigenvalue weighted by Crippen LogP contribution is -2.38. The molecule has 0 spiro atoms. The van der Waals surface area contributed by atoms with Gasteiger partial charge in [-0.05, 0) is 25.7 Å². The third kappa shape index (κ3) is 8.77.